The monoisotopic (exact) mass is 372 g/mol. The second-order valence-electron chi connectivity index (χ2n) is 6.48. The molecule has 0 saturated carbocycles. The standard InChI is InChI=1S/C18H16N2O5S/c21-16-9-13(5-6-15(16)20-10-17(22)19-26(20,24)25)18(23)14-7-11-3-1-2-4-12(11)8-14/h1-6,9,14,21H,7-8,10H2,(H,19,22). The number of carbonyl (C=O) groups excluding carboxylic acids is 2. The van der Waals surface area contributed by atoms with Gasteiger partial charge in [0.25, 0.3) is 5.91 Å². The number of benzene rings is 2. The number of fused-ring (bicyclic) bond motifs is 1. The molecule has 7 nitrogen and oxygen atoms in total. The Morgan fingerprint density at radius 2 is 1.77 bits per heavy atom. The fourth-order valence-electron chi connectivity index (χ4n) is 3.53. The number of nitrogens with one attached hydrogen (secondary N) is 1. The minimum atomic E-state index is -4.01. The van der Waals surface area contributed by atoms with Crippen molar-refractivity contribution in [2.24, 2.45) is 5.92 Å². The van der Waals surface area contributed by atoms with Gasteiger partial charge in [-0.25, -0.2) is 9.03 Å². The van der Waals surface area contributed by atoms with Crippen LogP contribution < -0.4 is 9.03 Å². The highest BCUT2D eigenvalue weighted by Gasteiger charge is 2.36. The molecule has 1 aliphatic heterocycles. The van der Waals surface area contributed by atoms with E-state index in [-0.39, 0.29) is 23.1 Å². The first kappa shape index (κ1) is 16.6. The van der Waals surface area contributed by atoms with Gasteiger partial charge in [0.2, 0.25) is 0 Å². The number of aromatic hydroxyl groups is 1. The van der Waals surface area contributed by atoms with Crippen LogP contribution in [-0.2, 0) is 27.8 Å². The van der Waals surface area contributed by atoms with E-state index in [0.717, 1.165) is 15.4 Å². The summed E-state index contributed by atoms with van der Waals surface area (Å²) in [6.07, 6.45) is 1.30. The average molecular weight is 372 g/mol. The van der Waals surface area contributed by atoms with Crippen LogP contribution in [0.1, 0.15) is 21.5 Å². The first-order valence-electron chi connectivity index (χ1n) is 8.12. The molecule has 4 rings (SSSR count). The number of hydrogen-bond acceptors (Lipinski definition) is 5. The second-order valence-corrected chi connectivity index (χ2v) is 8.07. The molecule has 1 heterocycles. The summed E-state index contributed by atoms with van der Waals surface area (Å²) in [7, 11) is -4.01. The van der Waals surface area contributed by atoms with Crippen molar-refractivity contribution in [3.8, 4) is 5.75 Å². The summed E-state index contributed by atoms with van der Waals surface area (Å²) < 4.78 is 26.4. The van der Waals surface area contributed by atoms with Crippen LogP contribution in [0.25, 0.3) is 0 Å². The van der Waals surface area contributed by atoms with Crippen molar-refractivity contribution < 1.29 is 23.1 Å². The smallest absolute Gasteiger partial charge is 0.326 e. The number of anilines is 1. The van der Waals surface area contributed by atoms with E-state index in [1.165, 1.54) is 18.2 Å². The zero-order chi connectivity index (χ0) is 18.5. The summed E-state index contributed by atoms with van der Waals surface area (Å²) in [4.78, 5) is 24.1. The van der Waals surface area contributed by atoms with Gasteiger partial charge in [0, 0.05) is 11.5 Å². The van der Waals surface area contributed by atoms with Gasteiger partial charge in [0.05, 0.1) is 5.69 Å². The molecule has 2 aromatic rings. The third-order valence-corrected chi connectivity index (χ3v) is 6.16. The van der Waals surface area contributed by atoms with Crippen LogP contribution in [0.5, 0.6) is 5.75 Å². The summed E-state index contributed by atoms with van der Waals surface area (Å²) in [5.74, 6) is -1.32. The van der Waals surface area contributed by atoms with Crippen molar-refractivity contribution >= 4 is 27.6 Å². The maximum Gasteiger partial charge on any atom is 0.326 e. The topological polar surface area (TPSA) is 104 Å². The minimum absolute atomic E-state index is 0.0328. The van der Waals surface area contributed by atoms with Crippen molar-refractivity contribution in [3.05, 3.63) is 59.2 Å². The highest BCUT2D eigenvalue weighted by Crippen LogP contribution is 2.34. The maximum atomic E-state index is 12.8. The van der Waals surface area contributed by atoms with E-state index in [0.29, 0.717) is 18.4 Å². The summed E-state index contributed by atoms with van der Waals surface area (Å²) in [6, 6.07) is 12.0. The van der Waals surface area contributed by atoms with Gasteiger partial charge in [0.15, 0.2) is 5.78 Å². The zero-order valence-electron chi connectivity index (χ0n) is 13.7. The van der Waals surface area contributed by atoms with Crippen LogP contribution >= 0.6 is 0 Å². The second kappa shape index (κ2) is 5.84. The predicted octanol–water partition coefficient (Wildman–Crippen LogP) is 1.17. The van der Waals surface area contributed by atoms with Gasteiger partial charge in [0.1, 0.15) is 12.3 Å². The fourth-order valence-corrected chi connectivity index (χ4v) is 4.69. The lowest BCUT2D eigenvalue weighted by Gasteiger charge is -2.17. The fraction of sp³-hybridized carbons (Fsp3) is 0.222. The van der Waals surface area contributed by atoms with Crippen molar-refractivity contribution in [2.45, 2.75) is 12.8 Å². The average Bonchev–Trinajstić information content (AvgIpc) is 3.13. The summed E-state index contributed by atoms with van der Waals surface area (Å²) in [5, 5.41) is 10.2. The molecule has 2 N–H and O–H groups in total. The van der Waals surface area contributed by atoms with Crippen molar-refractivity contribution in [1.29, 1.82) is 0 Å². The summed E-state index contributed by atoms with van der Waals surface area (Å²) >= 11 is 0. The van der Waals surface area contributed by atoms with E-state index in [9.17, 15) is 23.1 Å². The minimum Gasteiger partial charge on any atom is -0.506 e. The van der Waals surface area contributed by atoms with Gasteiger partial charge >= 0.3 is 10.2 Å². The van der Waals surface area contributed by atoms with Gasteiger partial charge in [-0.3, -0.25) is 9.59 Å². The number of phenols is 1. The van der Waals surface area contributed by atoms with E-state index >= 15 is 0 Å². The number of Topliss-reactive ketones (excluding diaryl/α,β-unsaturated/α-hetero) is 1. The molecule has 1 fully saturated rings. The first-order valence-corrected chi connectivity index (χ1v) is 9.56. The van der Waals surface area contributed by atoms with Gasteiger partial charge in [-0.2, -0.15) is 8.42 Å². The lowest BCUT2D eigenvalue weighted by Crippen LogP contribution is -2.29. The van der Waals surface area contributed by atoms with E-state index in [4.69, 9.17) is 0 Å². The van der Waals surface area contributed by atoms with Gasteiger partial charge in [-0.05, 0) is 42.2 Å². The van der Waals surface area contributed by atoms with Crippen LogP contribution in [0.15, 0.2) is 42.5 Å². The molecule has 1 saturated heterocycles. The van der Waals surface area contributed by atoms with Crippen LogP contribution in [0, 0.1) is 5.92 Å². The Morgan fingerprint density at radius 3 is 2.31 bits per heavy atom. The van der Waals surface area contributed by atoms with Crippen LogP contribution in [-0.4, -0.2) is 31.8 Å². The number of rotatable bonds is 3. The van der Waals surface area contributed by atoms with Crippen LogP contribution in [0.3, 0.4) is 0 Å². The number of carbonyl (C=O) groups is 2. The molecule has 8 heteroatoms. The lowest BCUT2D eigenvalue weighted by molar-refractivity contribution is -0.117. The zero-order valence-corrected chi connectivity index (χ0v) is 14.5. The third kappa shape index (κ3) is 2.72. The Balaban J connectivity index is 1.59. The van der Waals surface area contributed by atoms with E-state index in [2.05, 4.69) is 0 Å². The Bertz CT molecular complexity index is 1010. The Hall–Kier alpha value is -2.87. The molecule has 0 aromatic heterocycles. The number of ketones is 1. The third-order valence-electron chi connectivity index (χ3n) is 4.77. The van der Waals surface area contributed by atoms with Crippen LogP contribution in [0.4, 0.5) is 5.69 Å². The van der Waals surface area contributed by atoms with E-state index < -0.39 is 22.7 Å². The van der Waals surface area contributed by atoms with Gasteiger partial charge in [-0.15, -0.1) is 0 Å². The van der Waals surface area contributed by atoms with Gasteiger partial charge < -0.3 is 5.11 Å². The molecule has 0 spiro atoms. The van der Waals surface area contributed by atoms with E-state index in [1.54, 1.807) is 0 Å². The Labute approximate surface area is 150 Å². The predicted molar refractivity (Wildman–Crippen MR) is 94.2 cm³/mol. The molecular weight excluding hydrogens is 356 g/mol. The normalized spacial score (nSPS) is 18.6. The molecule has 2 aliphatic rings. The summed E-state index contributed by atoms with van der Waals surface area (Å²) in [6.45, 7) is -0.402. The molecule has 1 amide bonds. The lowest BCUT2D eigenvalue weighted by atomic mass is 9.94. The Morgan fingerprint density at radius 1 is 1.12 bits per heavy atom. The highest BCUT2D eigenvalue weighted by molar-refractivity contribution is 7.92. The number of nitrogens with zero attached hydrogens (tertiary/aromatic N) is 1. The van der Waals surface area contributed by atoms with E-state index in [1.807, 2.05) is 29.0 Å². The molecule has 0 bridgehead atoms. The Kier molecular flexibility index (Phi) is 3.73. The molecule has 0 unspecified atom stereocenters. The molecule has 2 aromatic carbocycles. The number of hydrogen-bond donors (Lipinski definition) is 2. The molecule has 0 radical (unpaired) electrons. The number of amides is 1. The molecule has 0 atom stereocenters. The maximum absolute atomic E-state index is 12.8. The van der Waals surface area contributed by atoms with Gasteiger partial charge in [-0.1, -0.05) is 24.3 Å². The highest BCUT2D eigenvalue weighted by atomic mass is 32.2. The SMILES string of the molecule is O=C1CN(c2ccc(C(=O)C3Cc4ccccc4C3)cc2O)S(=O)(=O)N1. The molecular formula is C18H16N2O5S. The molecule has 26 heavy (non-hydrogen) atoms. The van der Waals surface area contributed by atoms with Crippen molar-refractivity contribution in [1.82, 2.24) is 4.72 Å². The van der Waals surface area contributed by atoms with Crippen molar-refractivity contribution in [3.63, 3.8) is 0 Å². The first-order chi connectivity index (χ1) is 12.3. The molecule has 134 valence electrons. The quantitative estimate of drug-likeness (QED) is 0.787. The number of phenolic OH excluding ortho intramolecular Hbond substituents is 1. The van der Waals surface area contributed by atoms with Crippen molar-refractivity contribution in [2.75, 3.05) is 10.8 Å². The summed E-state index contributed by atoms with van der Waals surface area (Å²) in [5.41, 5.74) is 2.59. The largest absolute Gasteiger partial charge is 0.506 e. The van der Waals surface area contributed by atoms with Crippen LogP contribution in [0.2, 0.25) is 0 Å². The molecule has 1 aliphatic carbocycles.